The molecule has 0 heterocycles. The molecule has 0 saturated carbocycles. The number of rotatable bonds is 3. The second kappa shape index (κ2) is 8.67. The molecule has 1 aromatic carbocycles. The molecule has 1 aromatic rings. The van der Waals surface area contributed by atoms with Crippen molar-refractivity contribution in [2.45, 2.75) is 6.61 Å². The zero-order chi connectivity index (χ0) is 8.10. The minimum Gasteiger partial charge on any atom is -0.552 e. The minimum atomic E-state index is 0. The molecule has 0 aliphatic heterocycles. The Balaban J connectivity index is 0. The molecule has 3 heteroatoms. The van der Waals surface area contributed by atoms with E-state index in [-0.39, 0.29) is 40.1 Å². The molecule has 0 unspecified atom stereocenters. The molecule has 1 radical (unpaired) electrons. The van der Waals surface area contributed by atoms with Gasteiger partial charge in [0.2, 0.25) is 0 Å². The Kier molecular flexibility index (Phi) is 10.4. The van der Waals surface area contributed by atoms with E-state index < -0.39 is 0 Å². The molecule has 2 nitrogen and oxygen atoms in total. The van der Waals surface area contributed by atoms with Gasteiger partial charge in [0.1, 0.15) is 5.75 Å². The van der Waals surface area contributed by atoms with E-state index >= 15 is 0 Å². The Morgan fingerprint density at radius 3 is 2.15 bits per heavy atom. The first-order valence-corrected chi connectivity index (χ1v) is 3.36. The second-order valence-electron chi connectivity index (χ2n) is 2.20. The van der Waals surface area contributed by atoms with Gasteiger partial charge in [-0.05, 0) is 17.7 Å². The summed E-state index contributed by atoms with van der Waals surface area (Å²) in [6.45, 7) is 0.546. The van der Waals surface area contributed by atoms with Crippen molar-refractivity contribution in [1.29, 1.82) is 0 Å². The molecule has 0 aliphatic carbocycles. The van der Waals surface area contributed by atoms with E-state index in [4.69, 9.17) is 9.47 Å². The standard InChI is InChI=1S/C9H11O2.CH3.Y/c1-10-7-8-3-5-9(11-2)6-4-8;;/h3-6H,1,7H2,2H3;1H3;/q2*-1;. The van der Waals surface area contributed by atoms with Crippen LogP contribution in [-0.2, 0) is 44.1 Å². The van der Waals surface area contributed by atoms with Gasteiger partial charge in [-0.3, -0.25) is 0 Å². The van der Waals surface area contributed by atoms with Crippen LogP contribution < -0.4 is 4.74 Å². The van der Waals surface area contributed by atoms with Gasteiger partial charge in [0.15, 0.2) is 0 Å². The van der Waals surface area contributed by atoms with Crippen molar-refractivity contribution in [2.24, 2.45) is 0 Å². The van der Waals surface area contributed by atoms with Crippen molar-refractivity contribution in [1.82, 2.24) is 0 Å². The number of hydrogen-bond acceptors (Lipinski definition) is 2. The molecular formula is C10H14O2Y-2. The van der Waals surface area contributed by atoms with Gasteiger partial charge in [-0.25, -0.2) is 7.11 Å². The van der Waals surface area contributed by atoms with Crippen LogP contribution in [0.5, 0.6) is 5.75 Å². The fraction of sp³-hybridized carbons (Fsp3) is 0.200. The maximum Gasteiger partial charge on any atom is 0.118 e. The van der Waals surface area contributed by atoms with E-state index in [2.05, 4.69) is 7.11 Å². The van der Waals surface area contributed by atoms with Crippen LogP contribution >= 0.6 is 0 Å². The number of ether oxygens (including phenoxy) is 2. The summed E-state index contributed by atoms with van der Waals surface area (Å²) in [6, 6.07) is 7.69. The number of benzene rings is 1. The fourth-order valence-corrected chi connectivity index (χ4v) is 0.840. The summed E-state index contributed by atoms with van der Waals surface area (Å²) in [7, 11) is 4.94. The molecule has 13 heavy (non-hydrogen) atoms. The van der Waals surface area contributed by atoms with Crippen LogP contribution in [0, 0.1) is 14.5 Å². The third-order valence-electron chi connectivity index (χ3n) is 1.43. The van der Waals surface area contributed by atoms with Crippen LogP contribution in [0.2, 0.25) is 0 Å². The van der Waals surface area contributed by atoms with Crippen LogP contribution in [0.4, 0.5) is 0 Å². The van der Waals surface area contributed by atoms with Gasteiger partial charge >= 0.3 is 0 Å². The Morgan fingerprint density at radius 2 is 1.77 bits per heavy atom. The van der Waals surface area contributed by atoms with Crippen LogP contribution in [0.3, 0.4) is 0 Å². The van der Waals surface area contributed by atoms with Crippen molar-refractivity contribution >= 4 is 0 Å². The van der Waals surface area contributed by atoms with Gasteiger partial charge in [0.25, 0.3) is 0 Å². The summed E-state index contributed by atoms with van der Waals surface area (Å²) < 4.78 is 9.70. The zero-order valence-corrected chi connectivity index (χ0v) is 11.0. The average Bonchev–Trinajstić information content (AvgIpc) is 2.07. The van der Waals surface area contributed by atoms with Gasteiger partial charge in [-0.2, -0.15) is 0 Å². The summed E-state index contributed by atoms with van der Waals surface area (Å²) in [4.78, 5) is 0. The molecule has 0 aromatic heterocycles. The monoisotopic (exact) mass is 255 g/mol. The van der Waals surface area contributed by atoms with Crippen molar-refractivity contribution in [2.75, 3.05) is 7.11 Å². The SMILES string of the molecule is [CH2-]OCc1ccc(OC)cc1.[CH3-].[Y]. The molecule has 0 amide bonds. The van der Waals surface area contributed by atoms with Crippen LogP contribution in [0.25, 0.3) is 0 Å². The smallest absolute Gasteiger partial charge is 0.118 e. The van der Waals surface area contributed by atoms with Crippen LogP contribution in [0.15, 0.2) is 24.3 Å². The first kappa shape index (κ1) is 15.6. The molecule has 1 rings (SSSR count). The van der Waals surface area contributed by atoms with Crippen molar-refractivity contribution in [3.05, 3.63) is 44.4 Å². The maximum atomic E-state index is 4.99. The molecule has 0 saturated heterocycles. The van der Waals surface area contributed by atoms with Crippen molar-refractivity contribution in [3.63, 3.8) is 0 Å². The summed E-state index contributed by atoms with van der Waals surface area (Å²) >= 11 is 0. The predicted octanol–water partition coefficient (Wildman–Crippen LogP) is 2.45. The van der Waals surface area contributed by atoms with E-state index in [1.165, 1.54) is 0 Å². The van der Waals surface area contributed by atoms with Gasteiger partial charge in [0.05, 0.1) is 7.11 Å². The van der Waals surface area contributed by atoms with Gasteiger partial charge in [-0.1, -0.05) is 12.1 Å². The first-order valence-electron chi connectivity index (χ1n) is 3.36. The number of hydrogen-bond donors (Lipinski definition) is 0. The van der Waals surface area contributed by atoms with Crippen LogP contribution in [-0.4, -0.2) is 7.11 Å². The zero-order valence-electron chi connectivity index (χ0n) is 8.12. The topological polar surface area (TPSA) is 18.5 Å². The summed E-state index contributed by atoms with van der Waals surface area (Å²) in [6.07, 6.45) is 0. The molecule has 0 fully saturated rings. The summed E-state index contributed by atoms with van der Waals surface area (Å²) in [5.74, 6) is 0.859. The molecular weight excluding hydrogens is 241 g/mol. The van der Waals surface area contributed by atoms with Gasteiger partial charge in [0, 0.05) is 39.3 Å². The van der Waals surface area contributed by atoms with E-state index in [0.29, 0.717) is 6.61 Å². The molecule has 0 bridgehead atoms. The Bertz CT molecular complexity index is 209. The van der Waals surface area contributed by atoms with Gasteiger partial charge in [-0.15, -0.1) is 0 Å². The van der Waals surface area contributed by atoms with Crippen LogP contribution in [0.1, 0.15) is 5.56 Å². The molecule has 0 atom stereocenters. The first-order chi connectivity index (χ1) is 5.36. The quantitative estimate of drug-likeness (QED) is 0.772. The molecule has 0 spiro atoms. The van der Waals surface area contributed by atoms with Gasteiger partial charge < -0.3 is 16.9 Å². The third kappa shape index (κ3) is 5.40. The molecule has 0 aliphatic rings. The largest absolute Gasteiger partial charge is 0.552 e. The van der Waals surface area contributed by atoms with E-state index in [9.17, 15) is 0 Å². The summed E-state index contributed by atoms with van der Waals surface area (Å²) in [5, 5.41) is 0. The minimum absolute atomic E-state index is 0. The van der Waals surface area contributed by atoms with E-state index in [0.717, 1.165) is 11.3 Å². The Morgan fingerprint density at radius 1 is 1.23 bits per heavy atom. The maximum absolute atomic E-state index is 4.99. The second-order valence-corrected chi connectivity index (χ2v) is 2.20. The van der Waals surface area contributed by atoms with E-state index in [1.54, 1.807) is 7.11 Å². The predicted molar refractivity (Wildman–Crippen MR) is 49.6 cm³/mol. The third-order valence-corrected chi connectivity index (χ3v) is 1.43. The van der Waals surface area contributed by atoms with Crippen molar-refractivity contribution in [3.8, 4) is 5.75 Å². The number of methoxy groups -OCH3 is 1. The Labute approximate surface area is 106 Å². The van der Waals surface area contributed by atoms with E-state index in [1.807, 2.05) is 24.3 Å². The molecule has 71 valence electrons. The summed E-state index contributed by atoms with van der Waals surface area (Å²) in [5.41, 5.74) is 1.10. The normalized spacial score (nSPS) is 8.15. The average molecular weight is 255 g/mol. The molecule has 0 N–H and O–H groups in total. The Hall–Kier alpha value is 0.0839. The van der Waals surface area contributed by atoms with Crippen molar-refractivity contribution < 1.29 is 42.2 Å². The fourth-order valence-electron chi connectivity index (χ4n) is 0.840.